The van der Waals surface area contributed by atoms with Crippen LogP contribution in [0.4, 0.5) is 5.69 Å². The largest absolute Gasteiger partial charge is 0.497 e. The third-order valence-corrected chi connectivity index (χ3v) is 6.26. The first-order chi connectivity index (χ1) is 16.8. The molecule has 3 aromatic rings. The lowest BCUT2D eigenvalue weighted by molar-refractivity contribution is -0.118. The number of rotatable bonds is 10. The third kappa shape index (κ3) is 6.55. The number of ether oxygens (including phenoxy) is 3. The predicted octanol–water partition coefficient (Wildman–Crippen LogP) is 5.69. The summed E-state index contributed by atoms with van der Waals surface area (Å²) in [6.07, 6.45) is 1.48. The van der Waals surface area contributed by atoms with E-state index in [0.717, 1.165) is 24.2 Å². The maximum absolute atomic E-state index is 11.9. The first kappa shape index (κ1) is 24.6. The molecule has 0 saturated heterocycles. The molecule has 1 heterocycles. The fourth-order valence-electron chi connectivity index (χ4n) is 4.34. The second-order valence-corrected chi connectivity index (χ2v) is 9.74. The van der Waals surface area contributed by atoms with E-state index in [1.54, 1.807) is 13.2 Å². The summed E-state index contributed by atoms with van der Waals surface area (Å²) in [5.74, 6) is 1.70. The number of fused-ring (bicyclic) bond motifs is 1. The van der Waals surface area contributed by atoms with Crippen molar-refractivity contribution in [1.29, 1.82) is 0 Å². The van der Waals surface area contributed by atoms with Crippen molar-refractivity contribution in [2.24, 2.45) is 5.41 Å². The summed E-state index contributed by atoms with van der Waals surface area (Å²) in [5, 5.41) is 14.0. The molecule has 0 bridgehead atoms. The van der Waals surface area contributed by atoms with Crippen molar-refractivity contribution in [2.45, 2.75) is 45.8 Å². The van der Waals surface area contributed by atoms with Crippen molar-refractivity contribution < 1.29 is 24.1 Å². The molecule has 4 rings (SSSR count). The monoisotopic (exact) mass is 475 g/mol. The van der Waals surface area contributed by atoms with Gasteiger partial charge in [-0.2, -0.15) is 0 Å². The fraction of sp³-hybridized carbons (Fsp3) is 0.345. The van der Waals surface area contributed by atoms with Crippen LogP contribution in [0.25, 0.3) is 0 Å². The van der Waals surface area contributed by atoms with Gasteiger partial charge in [-0.05, 0) is 54.0 Å². The van der Waals surface area contributed by atoms with Crippen molar-refractivity contribution >= 4 is 11.6 Å². The molecular weight excluding hydrogens is 442 g/mol. The number of benzene rings is 3. The maximum atomic E-state index is 11.9. The number of amides is 1. The topological polar surface area (TPSA) is 77.0 Å². The number of carbonyl (C=O) groups excluding carboxylic acids is 1. The Bertz CT molecular complexity index is 1140. The van der Waals surface area contributed by atoms with Gasteiger partial charge in [0.05, 0.1) is 18.9 Å². The van der Waals surface area contributed by atoms with Gasteiger partial charge in [0.15, 0.2) is 6.61 Å². The van der Waals surface area contributed by atoms with Gasteiger partial charge < -0.3 is 24.6 Å². The van der Waals surface area contributed by atoms with E-state index >= 15 is 0 Å². The van der Waals surface area contributed by atoms with E-state index in [1.165, 1.54) is 5.56 Å². The van der Waals surface area contributed by atoms with Gasteiger partial charge in [-0.15, -0.1) is 0 Å². The quantitative estimate of drug-likeness (QED) is 0.394. The standard InChI is InChI=1S/C29H33NO5/c1-29(2,17-20-9-11-22(33-3)12-10-20)14-13-26(31)24-15-23(34-18-21-7-5-4-6-8-21)16-25-28(24)35-19-27(32)30-25/h4-12,15-16,26,31H,13-14,17-19H2,1-3H3,(H,30,32)/t26-/m0/s1. The Kier molecular flexibility index (Phi) is 7.61. The Labute approximate surface area is 206 Å². The van der Waals surface area contributed by atoms with Gasteiger partial charge in [-0.3, -0.25) is 4.79 Å². The fourth-order valence-corrected chi connectivity index (χ4v) is 4.34. The molecule has 1 aliphatic rings. The highest BCUT2D eigenvalue weighted by Gasteiger charge is 2.27. The number of carbonyl (C=O) groups is 1. The molecule has 35 heavy (non-hydrogen) atoms. The average molecular weight is 476 g/mol. The van der Waals surface area contributed by atoms with Crippen LogP contribution in [-0.4, -0.2) is 24.7 Å². The van der Waals surface area contributed by atoms with E-state index in [4.69, 9.17) is 14.2 Å². The Morgan fingerprint density at radius 1 is 1.03 bits per heavy atom. The summed E-state index contributed by atoms with van der Waals surface area (Å²) < 4.78 is 17.0. The maximum Gasteiger partial charge on any atom is 0.262 e. The van der Waals surface area contributed by atoms with Crippen LogP contribution in [0.1, 0.15) is 49.5 Å². The third-order valence-electron chi connectivity index (χ3n) is 6.26. The molecular formula is C29H33NO5. The molecule has 1 aliphatic heterocycles. The first-order valence-corrected chi connectivity index (χ1v) is 11.9. The smallest absolute Gasteiger partial charge is 0.262 e. The Balaban J connectivity index is 1.47. The minimum absolute atomic E-state index is 0.0217. The van der Waals surface area contributed by atoms with Crippen LogP contribution in [0, 0.1) is 5.41 Å². The van der Waals surface area contributed by atoms with Crippen LogP contribution in [0.2, 0.25) is 0 Å². The number of methoxy groups -OCH3 is 1. The number of anilines is 1. The van der Waals surface area contributed by atoms with E-state index in [2.05, 4.69) is 31.3 Å². The summed E-state index contributed by atoms with van der Waals surface area (Å²) >= 11 is 0. The Hall–Kier alpha value is -3.51. The molecule has 0 spiro atoms. The normalized spacial score (nSPS) is 13.9. The highest BCUT2D eigenvalue weighted by atomic mass is 16.5. The summed E-state index contributed by atoms with van der Waals surface area (Å²) in [6.45, 7) is 4.73. The van der Waals surface area contributed by atoms with Crippen LogP contribution in [0.15, 0.2) is 66.7 Å². The van der Waals surface area contributed by atoms with Gasteiger partial charge in [-0.1, -0.05) is 56.3 Å². The summed E-state index contributed by atoms with van der Waals surface area (Å²) in [6, 6.07) is 21.5. The van der Waals surface area contributed by atoms with Gasteiger partial charge in [0.2, 0.25) is 0 Å². The molecule has 1 atom stereocenters. The summed E-state index contributed by atoms with van der Waals surface area (Å²) in [5.41, 5.74) is 3.40. The van der Waals surface area contributed by atoms with E-state index in [9.17, 15) is 9.90 Å². The minimum Gasteiger partial charge on any atom is -0.497 e. The Morgan fingerprint density at radius 2 is 1.77 bits per heavy atom. The van der Waals surface area contributed by atoms with Crippen molar-refractivity contribution in [3.05, 3.63) is 83.4 Å². The molecule has 6 heteroatoms. The second kappa shape index (κ2) is 10.8. The molecule has 3 aromatic carbocycles. The van der Waals surface area contributed by atoms with E-state index in [-0.39, 0.29) is 17.9 Å². The van der Waals surface area contributed by atoms with Gasteiger partial charge >= 0.3 is 0 Å². The van der Waals surface area contributed by atoms with Crippen molar-refractivity contribution in [3.8, 4) is 17.2 Å². The molecule has 0 radical (unpaired) electrons. The number of nitrogens with one attached hydrogen (secondary N) is 1. The van der Waals surface area contributed by atoms with Crippen LogP contribution in [0.5, 0.6) is 17.2 Å². The van der Waals surface area contributed by atoms with Crippen LogP contribution >= 0.6 is 0 Å². The molecule has 0 fully saturated rings. The van der Waals surface area contributed by atoms with Gasteiger partial charge in [0.25, 0.3) is 5.91 Å². The van der Waals surface area contributed by atoms with Crippen LogP contribution in [-0.2, 0) is 17.8 Å². The van der Waals surface area contributed by atoms with E-state index in [1.807, 2.05) is 48.5 Å². The molecule has 0 unspecified atom stereocenters. The second-order valence-electron chi connectivity index (χ2n) is 9.74. The number of hydrogen-bond acceptors (Lipinski definition) is 5. The average Bonchev–Trinajstić information content (AvgIpc) is 2.86. The molecule has 1 amide bonds. The summed E-state index contributed by atoms with van der Waals surface area (Å²) in [4.78, 5) is 11.9. The molecule has 2 N–H and O–H groups in total. The lowest BCUT2D eigenvalue weighted by Crippen LogP contribution is -2.26. The highest BCUT2D eigenvalue weighted by molar-refractivity contribution is 5.96. The number of hydrogen-bond donors (Lipinski definition) is 2. The van der Waals surface area contributed by atoms with Crippen molar-refractivity contribution in [1.82, 2.24) is 0 Å². The lowest BCUT2D eigenvalue weighted by atomic mass is 9.80. The highest BCUT2D eigenvalue weighted by Crippen LogP contribution is 2.42. The van der Waals surface area contributed by atoms with Crippen LogP contribution < -0.4 is 19.5 Å². The van der Waals surface area contributed by atoms with Crippen LogP contribution in [0.3, 0.4) is 0 Å². The molecule has 0 saturated carbocycles. The van der Waals surface area contributed by atoms with Gasteiger partial charge in [0, 0.05) is 11.6 Å². The molecule has 0 aliphatic carbocycles. The number of aliphatic hydroxyl groups is 1. The zero-order valence-electron chi connectivity index (χ0n) is 20.5. The molecule has 6 nitrogen and oxygen atoms in total. The lowest BCUT2D eigenvalue weighted by Gasteiger charge is -2.28. The van der Waals surface area contributed by atoms with Gasteiger partial charge in [0.1, 0.15) is 23.9 Å². The first-order valence-electron chi connectivity index (χ1n) is 11.9. The van der Waals surface area contributed by atoms with Crippen molar-refractivity contribution in [3.63, 3.8) is 0 Å². The van der Waals surface area contributed by atoms with E-state index in [0.29, 0.717) is 35.8 Å². The Morgan fingerprint density at radius 3 is 2.49 bits per heavy atom. The number of aliphatic hydroxyl groups excluding tert-OH is 1. The summed E-state index contributed by atoms with van der Waals surface area (Å²) in [7, 11) is 1.66. The molecule has 0 aromatic heterocycles. The van der Waals surface area contributed by atoms with E-state index < -0.39 is 6.10 Å². The zero-order chi connectivity index (χ0) is 24.8. The minimum atomic E-state index is -0.755. The van der Waals surface area contributed by atoms with Crippen molar-refractivity contribution in [2.75, 3.05) is 19.0 Å². The molecule has 184 valence electrons. The SMILES string of the molecule is COc1ccc(CC(C)(C)CC[C@H](O)c2cc(OCc3ccccc3)cc3c2OCC(=O)N3)cc1. The zero-order valence-corrected chi connectivity index (χ0v) is 20.5. The van der Waals surface area contributed by atoms with Gasteiger partial charge in [-0.25, -0.2) is 0 Å². The predicted molar refractivity (Wildman–Crippen MR) is 136 cm³/mol.